The van der Waals surface area contributed by atoms with Crippen molar-refractivity contribution in [3.05, 3.63) is 24.3 Å². The van der Waals surface area contributed by atoms with E-state index in [0.717, 1.165) is 25.9 Å². The van der Waals surface area contributed by atoms with Gasteiger partial charge in [0.25, 0.3) is 0 Å². The molecule has 4 heteroatoms. The highest BCUT2D eigenvalue weighted by atomic mass is 32.1. The van der Waals surface area contributed by atoms with Crippen LogP contribution in [-0.4, -0.2) is 35.7 Å². The van der Waals surface area contributed by atoms with Crippen molar-refractivity contribution in [1.82, 2.24) is 4.90 Å². The molecule has 0 aromatic carbocycles. The summed E-state index contributed by atoms with van der Waals surface area (Å²) < 4.78 is 0. The normalized spacial score (nSPS) is 12.6. The van der Waals surface area contributed by atoms with Crippen LogP contribution in [0.25, 0.3) is 0 Å². The summed E-state index contributed by atoms with van der Waals surface area (Å²) in [5.41, 5.74) is 6.06. The van der Waals surface area contributed by atoms with Crippen LogP contribution < -0.4 is 5.73 Å². The molecule has 2 N–H and O–H groups in total. The van der Waals surface area contributed by atoms with Gasteiger partial charge in [0.15, 0.2) is 0 Å². The molecule has 254 valence electrons. The first-order valence-electron chi connectivity index (χ1n) is 19.1. The maximum Gasteiger partial charge on any atom is 0.240 e. The fourth-order valence-electron chi connectivity index (χ4n) is 5.75. The van der Waals surface area contributed by atoms with E-state index in [2.05, 4.69) is 50.8 Å². The first-order valence-corrected chi connectivity index (χ1v) is 19.8. The number of nitrogens with zero attached hydrogens (tertiary/aromatic N) is 1. The Labute approximate surface area is 276 Å². The van der Waals surface area contributed by atoms with Gasteiger partial charge < -0.3 is 10.6 Å². The van der Waals surface area contributed by atoms with Crippen molar-refractivity contribution in [3.63, 3.8) is 0 Å². The van der Waals surface area contributed by atoms with Gasteiger partial charge in [-0.2, -0.15) is 12.6 Å². The lowest BCUT2D eigenvalue weighted by Gasteiger charge is -2.25. The Kier molecular flexibility index (Phi) is 35.1. The van der Waals surface area contributed by atoms with Crippen LogP contribution >= 0.6 is 12.6 Å². The molecule has 3 nitrogen and oxygen atoms in total. The van der Waals surface area contributed by atoms with E-state index >= 15 is 0 Å². The zero-order chi connectivity index (χ0) is 31.5. The van der Waals surface area contributed by atoms with Crippen LogP contribution in [0.15, 0.2) is 24.3 Å². The van der Waals surface area contributed by atoms with Gasteiger partial charge in [-0.05, 0) is 64.2 Å². The highest BCUT2D eigenvalue weighted by molar-refractivity contribution is 7.80. The van der Waals surface area contributed by atoms with E-state index < -0.39 is 6.04 Å². The van der Waals surface area contributed by atoms with Gasteiger partial charge in [-0.1, -0.05) is 154 Å². The van der Waals surface area contributed by atoms with Crippen molar-refractivity contribution in [2.75, 3.05) is 18.8 Å². The van der Waals surface area contributed by atoms with Gasteiger partial charge >= 0.3 is 0 Å². The SMILES string of the molecule is CCCCCCCC/C=C\CCCCCCCCN(CCCCCCCC/C=C\CCCCCCCC)C(=O)[C@@H](N)CS. The monoisotopic (exact) mass is 621 g/mol. The number of hydrogen-bond donors (Lipinski definition) is 2. The first kappa shape index (κ1) is 42.3. The molecule has 43 heavy (non-hydrogen) atoms. The quantitative estimate of drug-likeness (QED) is 0.0427. The van der Waals surface area contributed by atoms with Crippen LogP contribution in [0.3, 0.4) is 0 Å². The number of carbonyl (C=O) groups is 1. The average Bonchev–Trinajstić information content (AvgIpc) is 3.02. The van der Waals surface area contributed by atoms with E-state index in [9.17, 15) is 4.79 Å². The van der Waals surface area contributed by atoms with Crippen LogP contribution in [-0.2, 0) is 4.79 Å². The smallest absolute Gasteiger partial charge is 0.240 e. The summed E-state index contributed by atoms with van der Waals surface area (Å²) >= 11 is 4.28. The number of rotatable bonds is 34. The van der Waals surface area contributed by atoms with E-state index in [1.54, 1.807) is 0 Å². The average molecular weight is 621 g/mol. The van der Waals surface area contributed by atoms with Crippen molar-refractivity contribution in [1.29, 1.82) is 0 Å². The van der Waals surface area contributed by atoms with E-state index in [4.69, 9.17) is 5.73 Å². The molecule has 0 bridgehead atoms. The van der Waals surface area contributed by atoms with Crippen molar-refractivity contribution >= 4 is 18.5 Å². The Morgan fingerprint density at radius 1 is 0.512 bits per heavy atom. The maximum atomic E-state index is 12.8. The van der Waals surface area contributed by atoms with E-state index in [-0.39, 0.29) is 5.91 Å². The molecule has 1 atom stereocenters. The Morgan fingerprint density at radius 2 is 0.791 bits per heavy atom. The second-order valence-corrected chi connectivity index (χ2v) is 13.4. The first-order chi connectivity index (χ1) is 21.2. The van der Waals surface area contributed by atoms with Crippen LogP contribution in [0.5, 0.6) is 0 Å². The summed E-state index contributed by atoms with van der Waals surface area (Å²) in [5.74, 6) is 0.520. The highest BCUT2D eigenvalue weighted by Gasteiger charge is 2.19. The zero-order valence-corrected chi connectivity index (χ0v) is 30.1. The second kappa shape index (κ2) is 35.7. The third-order valence-corrected chi connectivity index (χ3v) is 9.10. The molecule has 0 saturated heterocycles. The highest BCUT2D eigenvalue weighted by Crippen LogP contribution is 2.13. The van der Waals surface area contributed by atoms with Crippen molar-refractivity contribution in [3.8, 4) is 0 Å². The van der Waals surface area contributed by atoms with E-state index in [0.29, 0.717) is 5.75 Å². The fourth-order valence-corrected chi connectivity index (χ4v) is 5.90. The molecule has 0 unspecified atom stereocenters. The van der Waals surface area contributed by atoms with Crippen LogP contribution in [0.1, 0.15) is 194 Å². The molecule has 0 aliphatic heterocycles. The van der Waals surface area contributed by atoms with Crippen molar-refractivity contribution in [2.24, 2.45) is 5.73 Å². The van der Waals surface area contributed by atoms with E-state index in [1.807, 2.05) is 4.90 Å². The number of nitrogens with two attached hydrogens (primary N) is 1. The molecular weight excluding hydrogens is 545 g/mol. The van der Waals surface area contributed by atoms with Crippen LogP contribution in [0, 0.1) is 0 Å². The third-order valence-electron chi connectivity index (χ3n) is 8.71. The minimum Gasteiger partial charge on any atom is -0.341 e. The summed E-state index contributed by atoms with van der Waals surface area (Å²) in [6.45, 7) is 6.27. The molecule has 0 fully saturated rings. The molecular formula is C39H76N2OS. The standard InChI is InChI=1S/C39H76N2OS/c1-3-5-7-9-11-13-15-17-19-21-23-25-27-29-31-33-35-41(39(42)38(40)37-43)36-34-32-30-28-26-24-22-20-18-16-14-12-10-8-6-4-2/h17-20,38,43H,3-16,21-37,40H2,1-2H3/b19-17-,20-18-/t38-/m0/s1. The van der Waals surface area contributed by atoms with Gasteiger partial charge in [0, 0.05) is 18.8 Å². The predicted octanol–water partition coefficient (Wildman–Crippen LogP) is 12.1. The van der Waals surface area contributed by atoms with Gasteiger partial charge in [0.05, 0.1) is 6.04 Å². The van der Waals surface area contributed by atoms with Gasteiger partial charge in [0.1, 0.15) is 0 Å². The molecule has 0 saturated carbocycles. The van der Waals surface area contributed by atoms with Gasteiger partial charge in [0.2, 0.25) is 5.91 Å². The molecule has 0 aromatic rings. The van der Waals surface area contributed by atoms with Crippen LogP contribution in [0.2, 0.25) is 0 Å². The molecule has 0 aromatic heterocycles. The number of carbonyl (C=O) groups excluding carboxylic acids is 1. The lowest BCUT2D eigenvalue weighted by atomic mass is 10.1. The lowest BCUT2D eigenvalue weighted by molar-refractivity contribution is -0.132. The molecule has 0 radical (unpaired) electrons. The Balaban J connectivity index is 3.79. The van der Waals surface area contributed by atoms with E-state index in [1.165, 1.54) is 167 Å². The number of hydrogen-bond acceptors (Lipinski definition) is 3. The largest absolute Gasteiger partial charge is 0.341 e. The number of unbranched alkanes of at least 4 members (excludes halogenated alkanes) is 24. The minimum atomic E-state index is -0.466. The van der Waals surface area contributed by atoms with Gasteiger partial charge in [-0.15, -0.1) is 0 Å². The third kappa shape index (κ3) is 31.0. The molecule has 0 spiro atoms. The van der Waals surface area contributed by atoms with Crippen molar-refractivity contribution in [2.45, 2.75) is 200 Å². The lowest BCUT2D eigenvalue weighted by Crippen LogP contribution is -2.45. The Morgan fingerprint density at radius 3 is 1.09 bits per heavy atom. The fraction of sp³-hybridized carbons (Fsp3) is 0.872. The van der Waals surface area contributed by atoms with Crippen molar-refractivity contribution < 1.29 is 4.79 Å². The summed E-state index contributed by atoms with van der Waals surface area (Å²) in [5, 5.41) is 0. The zero-order valence-electron chi connectivity index (χ0n) is 29.2. The number of amides is 1. The van der Waals surface area contributed by atoms with Gasteiger partial charge in [-0.25, -0.2) is 0 Å². The maximum absolute atomic E-state index is 12.8. The second-order valence-electron chi connectivity index (χ2n) is 13.0. The molecule has 0 aliphatic carbocycles. The topological polar surface area (TPSA) is 46.3 Å². The summed E-state index contributed by atoms with van der Waals surface area (Å²) in [4.78, 5) is 14.8. The van der Waals surface area contributed by atoms with Gasteiger partial charge in [-0.3, -0.25) is 4.79 Å². The Hall–Kier alpha value is -0.740. The minimum absolute atomic E-state index is 0.0930. The summed E-state index contributed by atoms with van der Waals surface area (Å²) in [6.07, 6.45) is 46.2. The molecule has 1 amide bonds. The molecule has 0 heterocycles. The molecule has 0 rings (SSSR count). The predicted molar refractivity (Wildman–Crippen MR) is 197 cm³/mol. The number of thiol groups is 1. The number of allylic oxidation sites excluding steroid dienone is 4. The summed E-state index contributed by atoms with van der Waals surface area (Å²) in [7, 11) is 0. The molecule has 0 aliphatic rings. The van der Waals surface area contributed by atoms with Crippen LogP contribution in [0.4, 0.5) is 0 Å². The summed E-state index contributed by atoms with van der Waals surface area (Å²) in [6, 6.07) is -0.466. The Bertz CT molecular complexity index is 578.